The fourth-order valence-electron chi connectivity index (χ4n) is 3.86. The molecule has 8 nitrogen and oxygen atoms in total. The summed E-state index contributed by atoms with van der Waals surface area (Å²) in [6.07, 6.45) is 1.21. The smallest absolute Gasteiger partial charge is 0.243 e. The van der Waals surface area contributed by atoms with E-state index in [1.54, 1.807) is 18.2 Å². The summed E-state index contributed by atoms with van der Waals surface area (Å²) >= 11 is 7.22. The van der Waals surface area contributed by atoms with Gasteiger partial charge in [0.05, 0.1) is 21.0 Å². The van der Waals surface area contributed by atoms with Gasteiger partial charge in [0.15, 0.2) is 16.6 Å². The van der Waals surface area contributed by atoms with Gasteiger partial charge in [0.2, 0.25) is 15.9 Å². The van der Waals surface area contributed by atoms with Crippen LogP contribution in [0.4, 0.5) is 5.13 Å². The van der Waals surface area contributed by atoms with Crippen molar-refractivity contribution in [3.8, 4) is 11.5 Å². The van der Waals surface area contributed by atoms with Crippen LogP contribution in [0, 0.1) is 5.92 Å². The summed E-state index contributed by atoms with van der Waals surface area (Å²) < 4.78 is 39.4. The first kappa shape index (κ1) is 21.4. The molecule has 0 radical (unpaired) electrons. The second-order valence-electron chi connectivity index (χ2n) is 7.63. The lowest BCUT2D eigenvalue weighted by Crippen LogP contribution is -2.43. The molecule has 1 amide bonds. The minimum absolute atomic E-state index is 0.123. The fraction of sp³-hybridized carbons (Fsp3) is 0.333. The third-order valence-electron chi connectivity index (χ3n) is 5.49. The SMILES string of the molecule is O=C(Nc1nc2cc3c(cc2s1)OCCO3)C1CCCN(S(=O)(=O)c2ccc(Cl)cc2)C1. The monoisotopic (exact) mass is 493 g/mol. The van der Waals surface area contributed by atoms with E-state index in [1.807, 2.05) is 6.07 Å². The van der Waals surface area contributed by atoms with Crippen molar-refractivity contribution in [3.05, 3.63) is 41.4 Å². The first-order valence-electron chi connectivity index (χ1n) is 10.2. The van der Waals surface area contributed by atoms with Crippen molar-refractivity contribution >= 4 is 54.2 Å². The molecule has 2 aromatic carbocycles. The van der Waals surface area contributed by atoms with Crippen molar-refractivity contribution in [2.24, 2.45) is 5.92 Å². The van der Waals surface area contributed by atoms with Crippen LogP contribution in [0.15, 0.2) is 41.3 Å². The highest BCUT2D eigenvalue weighted by molar-refractivity contribution is 7.89. The number of halogens is 1. The van der Waals surface area contributed by atoms with Gasteiger partial charge in [-0.2, -0.15) is 4.31 Å². The number of amides is 1. The van der Waals surface area contributed by atoms with Gasteiger partial charge in [-0.05, 0) is 37.1 Å². The highest BCUT2D eigenvalue weighted by Crippen LogP contribution is 2.38. The summed E-state index contributed by atoms with van der Waals surface area (Å²) in [5.41, 5.74) is 0.713. The molecule has 0 aliphatic carbocycles. The molecule has 3 heterocycles. The number of thiazole rings is 1. The lowest BCUT2D eigenvalue weighted by molar-refractivity contribution is -0.120. The third kappa shape index (κ3) is 4.15. The summed E-state index contributed by atoms with van der Waals surface area (Å²) in [7, 11) is -3.69. The van der Waals surface area contributed by atoms with Crippen molar-refractivity contribution in [1.29, 1.82) is 0 Å². The number of anilines is 1. The third-order valence-corrected chi connectivity index (χ3v) is 8.55. The van der Waals surface area contributed by atoms with Gasteiger partial charge >= 0.3 is 0 Å². The lowest BCUT2D eigenvalue weighted by Gasteiger charge is -2.31. The summed E-state index contributed by atoms with van der Waals surface area (Å²) in [6, 6.07) is 9.72. The van der Waals surface area contributed by atoms with E-state index in [-0.39, 0.29) is 17.3 Å². The zero-order valence-corrected chi connectivity index (χ0v) is 19.3. The van der Waals surface area contributed by atoms with E-state index in [0.29, 0.717) is 59.8 Å². The van der Waals surface area contributed by atoms with Crippen molar-refractivity contribution in [1.82, 2.24) is 9.29 Å². The minimum Gasteiger partial charge on any atom is -0.486 e. The Bertz CT molecular complexity index is 1230. The molecule has 0 saturated carbocycles. The molecule has 1 unspecified atom stereocenters. The van der Waals surface area contributed by atoms with Crippen LogP contribution in [0.25, 0.3) is 10.2 Å². The number of nitrogens with zero attached hydrogens (tertiary/aromatic N) is 2. The molecular weight excluding hydrogens is 474 g/mol. The molecule has 168 valence electrons. The number of carbonyl (C=O) groups is 1. The number of nitrogens with one attached hydrogen (secondary N) is 1. The Morgan fingerprint density at radius 2 is 1.88 bits per heavy atom. The van der Waals surface area contributed by atoms with Crippen LogP contribution in [-0.2, 0) is 14.8 Å². The Labute approximate surface area is 194 Å². The topological polar surface area (TPSA) is 97.8 Å². The van der Waals surface area contributed by atoms with E-state index >= 15 is 0 Å². The van der Waals surface area contributed by atoms with Gasteiger partial charge in [-0.3, -0.25) is 4.79 Å². The molecule has 1 atom stereocenters. The predicted octanol–water partition coefficient (Wildman–Crippen LogP) is 3.76. The van der Waals surface area contributed by atoms with Gasteiger partial charge < -0.3 is 14.8 Å². The number of aromatic nitrogens is 1. The first-order chi connectivity index (χ1) is 15.4. The zero-order chi connectivity index (χ0) is 22.3. The molecule has 11 heteroatoms. The van der Waals surface area contributed by atoms with E-state index in [0.717, 1.165) is 4.70 Å². The molecule has 1 N–H and O–H groups in total. The standard InChI is InChI=1S/C21H20ClN3O5S2/c22-14-3-5-15(6-4-14)32(27,28)25-7-1-2-13(12-25)20(26)24-21-23-16-10-17-18(11-19(16)31-21)30-9-8-29-17/h3-6,10-11,13H,1-2,7-9,12H2,(H,23,24,26). The van der Waals surface area contributed by atoms with Crippen molar-refractivity contribution < 1.29 is 22.7 Å². The normalized spacial score (nSPS) is 19.1. The highest BCUT2D eigenvalue weighted by Gasteiger charge is 2.33. The number of hydrogen-bond donors (Lipinski definition) is 1. The van der Waals surface area contributed by atoms with Gasteiger partial charge in [0.1, 0.15) is 13.2 Å². The number of benzene rings is 2. The van der Waals surface area contributed by atoms with Gasteiger partial charge in [-0.1, -0.05) is 22.9 Å². The van der Waals surface area contributed by atoms with Gasteiger partial charge in [0, 0.05) is 30.2 Å². The lowest BCUT2D eigenvalue weighted by atomic mass is 9.99. The zero-order valence-electron chi connectivity index (χ0n) is 16.9. The van der Waals surface area contributed by atoms with Crippen LogP contribution >= 0.6 is 22.9 Å². The van der Waals surface area contributed by atoms with Crippen molar-refractivity contribution in [2.75, 3.05) is 31.6 Å². The van der Waals surface area contributed by atoms with Crippen molar-refractivity contribution in [3.63, 3.8) is 0 Å². The highest BCUT2D eigenvalue weighted by atomic mass is 35.5. The Hall–Kier alpha value is -2.40. The number of carbonyl (C=O) groups excluding carboxylic acids is 1. The number of sulfonamides is 1. The van der Waals surface area contributed by atoms with E-state index < -0.39 is 15.9 Å². The average molecular weight is 494 g/mol. The first-order valence-corrected chi connectivity index (χ1v) is 12.8. The Morgan fingerprint density at radius 1 is 1.16 bits per heavy atom. The Balaban J connectivity index is 1.30. The maximum Gasteiger partial charge on any atom is 0.243 e. The van der Waals surface area contributed by atoms with E-state index in [2.05, 4.69) is 10.3 Å². The predicted molar refractivity (Wildman–Crippen MR) is 122 cm³/mol. The molecule has 32 heavy (non-hydrogen) atoms. The van der Waals surface area contributed by atoms with Crippen LogP contribution in [0.2, 0.25) is 5.02 Å². The fourth-order valence-corrected chi connectivity index (χ4v) is 6.39. The minimum atomic E-state index is -3.69. The van der Waals surface area contributed by atoms with Crippen LogP contribution in [0.3, 0.4) is 0 Å². The van der Waals surface area contributed by atoms with Crippen LogP contribution in [-0.4, -0.2) is 49.9 Å². The summed E-state index contributed by atoms with van der Waals surface area (Å²) in [5.74, 6) is 0.609. The second-order valence-corrected chi connectivity index (χ2v) is 11.0. The molecule has 1 fully saturated rings. The molecule has 2 aliphatic heterocycles. The van der Waals surface area contributed by atoms with E-state index in [9.17, 15) is 13.2 Å². The second kappa shape index (κ2) is 8.51. The van der Waals surface area contributed by atoms with E-state index in [4.69, 9.17) is 21.1 Å². The van der Waals surface area contributed by atoms with Crippen LogP contribution < -0.4 is 14.8 Å². The van der Waals surface area contributed by atoms with Crippen molar-refractivity contribution in [2.45, 2.75) is 17.7 Å². The molecule has 3 aromatic rings. The number of ether oxygens (including phenoxy) is 2. The molecule has 1 saturated heterocycles. The number of fused-ring (bicyclic) bond motifs is 2. The Kier molecular flexibility index (Phi) is 5.70. The summed E-state index contributed by atoms with van der Waals surface area (Å²) in [4.78, 5) is 17.6. The Morgan fingerprint density at radius 3 is 2.62 bits per heavy atom. The summed E-state index contributed by atoms with van der Waals surface area (Å²) in [6.45, 7) is 1.49. The molecule has 0 bridgehead atoms. The molecule has 2 aliphatic rings. The van der Waals surface area contributed by atoms with Crippen LogP contribution in [0.1, 0.15) is 12.8 Å². The number of rotatable bonds is 4. The summed E-state index contributed by atoms with van der Waals surface area (Å²) in [5, 5.41) is 3.79. The number of piperidine rings is 1. The van der Waals surface area contributed by atoms with E-state index in [1.165, 1.54) is 27.8 Å². The molecule has 0 spiro atoms. The quantitative estimate of drug-likeness (QED) is 0.594. The number of hydrogen-bond acceptors (Lipinski definition) is 7. The van der Waals surface area contributed by atoms with Gasteiger partial charge in [0.25, 0.3) is 0 Å². The molecule has 5 rings (SSSR count). The maximum atomic E-state index is 13.0. The van der Waals surface area contributed by atoms with Crippen LogP contribution in [0.5, 0.6) is 11.5 Å². The molecular formula is C21H20ClN3O5S2. The molecule has 1 aromatic heterocycles. The van der Waals surface area contributed by atoms with Gasteiger partial charge in [-0.25, -0.2) is 13.4 Å². The van der Waals surface area contributed by atoms with Gasteiger partial charge in [-0.15, -0.1) is 0 Å². The largest absolute Gasteiger partial charge is 0.486 e. The average Bonchev–Trinajstić information content (AvgIpc) is 3.18. The maximum absolute atomic E-state index is 13.0.